The van der Waals surface area contributed by atoms with Crippen LogP contribution in [0.2, 0.25) is 0 Å². The van der Waals surface area contributed by atoms with Crippen LogP contribution in [0.25, 0.3) is 10.8 Å². The molecule has 1 aliphatic rings. The molecular weight excluding hydrogens is 222 g/mol. The fourth-order valence-corrected chi connectivity index (χ4v) is 2.93. The molecule has 18 heavy (non-hydrogen) atoms. The average molecular weight is 241 g/mol. The molecule has 2 unspecified atom stereocenters. The van der Waals surface area contributed by atoms with Crippen LogP contribution in [0.3, 0.4) is 0 Å². The largest absolute Gasteiger partial charge is 0.376 e. The van der Waals surface area contributed by atoms with E-state index in [4.69, 9.17) is 4.74 Å². The quantitative estimate of drug-likeness (QED) is 0.890. The first-order chi connectivity index (χ1) is 8.90. The van der Waals surface area contributed by atoms with Crippen molar-refractivity contribution in [2.75, 3.05) is 13.7 Å². The van der Waals surface area contributed by atoms with E-state index >= 15 is 0 Å². The molecule has 1 heterocycles. The Labute approximate surface area is 108 Å². The van der Waals surface area contributed by atoms with Crippen LogP contribution in [-0.4, -0.2) is 19.8 Å². The minimum atomic E-state index is 0.290. The van der Waals surface area contributed by atoms with Crippen molar-refractivity contribution in [3.05, 3.63) is 48.0 Å². The van der Waals surface area contributed by atoms with E-state index in [1.807, 2.05) is 7.05 Å². The standard InChI is InChI=1S/C16H19NO/c1-17-16(15-10-5-11-18-15)14-9-4-7-12-6-2-3-8-13(12)14/h2-4,6-9,15-17H,5,10-11H2,1H3. The summed E-state index contributed by atoms with van der Waals surface area (Å²) in [7, 11) is 2.02. The first-order valence-electron chi connectivity index (χ1n) is 6.66. The molecule has 94 valence electrons. The second kappa shape index (κ2) is 5.09. The van der Waals surface area contributed by atoms with Gasteiger partial charge in [-0.15, -0.1) is 0 Å². The molecule has 1 N–H and O–H groups in total. The number of hydrogen-bond donors (Lipinski definition) is 1. The van der Waals surface area contributed by atoms with Gasteiger partial charge < -0.3 is 10.1 Å². The summed E-state index contributed by atoms with van der Waals surface area (Å²) in [4.78, 5) is 0. The molecule has 3 rings (SSSR count). The summed E-state index contributed by atoms with van der Waals surface area (Å²) >= 11 is 0. The number of ether oxygens (including phenoxy) is 1. The lowest BCUT2D eigenvalue weighted by atomic mass is 9.94. The highest BCUT2D eigenvalue weighted by Crippen LogP contribution is 2.31. The maximum atomic E-state index is 5.85. The van der Waals surface area contributed by atoms with Crippen molar-refractivity contribution in [1.82, 2.24) is 5.32 Å². The highest BCUT2D eigenvalue weighted by molar-refractivity contribution is 5.86. The van der Waals surface area contributed by atoms with Gasteiger partial charge in [-0.1, -0.05) is 42.5 Å². The Hall–Kier alpha value is -1.38. The third-order valence-electron chi connectivity index (χ3n) is 3.81. The van der Waals surface area contributed by atoms with Crippen molar-refractivity contribution in [2.24, 2.45) is 0 Å². The predicted molar refractivity (Wildman–Crippen MR) is 74.7 cm³/mol. The van der Waals surface area contributed by atoms with E-state index in [2.05, 4.69) is 47.8 Å². The molecule has 0 radical (unpaired) electrons. The molecule has 0 aliphatic carbocycles. The number of benzene rings is 2. The Balaban J connectivity index is 2.06. The zero-order valence-electron chi connectivity index (χ0n) is 10.7. The second-order valence-corrected chi connectivity index (χ2v) is 4.89. The van der Waals surface area contributed by atoms with Crippen LogP contribution >= 0.6 is 0 Å². The van der Waals surface area contributed by atoms with E-state index in [0.29, 0.717) is 12.1 Å². The van der Waals surface area contributed by atoms with Crippen molar-refractivity contribution in [3.8, 4) is 0 Å². The summed E-state index contributed by atoms with van der Waals surface area (Å²) in [5.74, 6) is 0. The van der Waals surface area contributed by atoms with Crippen LogP contribution in [0, 0.1) is 0 Å². The van der Waals surface area contributed by atoms with E-state index < -0.39 is 0 Å². The van der Waals surface area contributed by atoms with Crippen molar-refractivity contribution in [1.29, 1.82) is 0 Å². The highest BCUT2D eigenvalue weighted by atomic mass is 16.5. The molecule has 2 aromatic carbocycles. The first kappa shape index (κ1) is 11.7. The summed E-state index contributed by atoms with van der Waals surface area (Å²) in [6.07, 6.45) is 2.63. The summed E-state index contributed by atoms with van der Waals surface area (Å²) in [6.45, 7) is 0.896. The average Bonchev–Trinajstić information content (AvgIpc) is 2.94. The minimum absolute atomic E-state index is 0.290. The van der Waals surface area contributed by atoms with Crippen molar-refractivity contribution in [2.45, 2.75) is 25.0 Å². The first-order valence-corrected chi connectivity index (χ1v) is 6.66. The summed E-state index contributed by atoms with van der Waals surface area (Å²) in [5, 5.41) is 6.06. The molecule has 0 aromatic heterocycles. The smallest absolute Gasteiger partial charge is 0.0770 e. The Bertz CT molecular complexity index is 526. The molecule has 2 nitrogen and oxygen atoms in total. The zero-order valence-corrected chi connectivity index (χ0v) is 10.7. The monoisotopic (exact) mass is 241 g/mol. The maximum Gasteiger partial charge on any atom is 0.0770 e. The molecular formula is C16H19NO. The molecule has 0 saturated carbocycles. The predicted octanol–water partition coefficient (Wildman–Crippen LogP) is 3.28. The number of fused-ring (bicyclic) bond motifs is 1. The fraction of sp³-hybridized carbons (Fsp3) is 0.375. The number of hydrogen-bond acceptors (Lipinski definition) is 2. The van der Waals surface area contributed by atoms with Crippen LogP contribution in [-0.2, 0) is 4.74 Å². The molecule has 2 heteroatoms. The highest BCUT2D eigenvalue weighted by Gasteiger charge is 2.26. The minimum Gasteiger partial charge on any atom is -0.376 e. The lowest BCUT2D eigenvalue weighted by Gasteiger charge is -2.24. The van der Waals surface area contributed by atoms with Gasteiger partial charge in [0.25, 0.3) is 0 Å². The van der Waals surface area contributed by atoms with Gasteiger partial charge in [0.15, 0.2) is 0 Å². The number of nitrogens with one attached hydrogen (secondary N) is 1. The Morgan fingerprint density at radius 3 is 2.78 bits per heavy atom. The molecule has 0 bridgehead atoms. The van der Waals surface area contributed by atoms with Gasteiger partial charge in [0.1, 0.15) is 0 Å². The van der Waals surface area contributed by atoms with Gasteiger partial charge in [0.2, 0.25) is 0 Å². The fourth-order valence-electron chi connectivity index (χ4n) is 2.93. The van der Waals surface area contributed by atoms with E-state index in [1.165, 1.54) is 22.8 Å². The number of likely N-dealkylation sites (N-methyl/N-ethyl adjacent to an activating group) is 1. The molecule has 0 amide bonds. The number of rotatable bonds is 3. The van der Waals surface area contributed by atoms with Crippen LogP contribution in [0.1, 0.15) is 24.4 Å². The molecule has 1 fully saturated rings. The van der Waals surface area contributed by atoms with E-state index in [1.54, 1.807) is 0 Å². The van der Waals surface area contributed by atoms with Crippen LogP contribution < -0.4 is 5.32 Å². The molecule has 1 aliphatic heterocycles. The van der Waals surface area contributed by atoms with Crippen LogP contribution in [0.15, 0.2) is 42.5 Å². The molecule has 1 saturated heterocycles. The molecule has 2 aromatic rings. The van der Waals surface area contributed by atoms with Crippen LogP contribution in [0.5, 0.6) is 0 Å². The van der Waals surface area contributed by atoms with Gasteiger partial charge >= 0.3 is 0 Å². The lowest BCUT2D eigenvalue weighted by molar-refractivity contribution is 0.0812. The lowest BCUT2D eigenvalue weighted by Crippen LogP contribution is -2.29. The van der Waals surface area contributed by atoms with Crippen molar-refractivity contribution >= 4 is 10.8 Å². The van der Waals surface area contributed by atoms with Crippen LogP contribution in [0.4, 0.5) is 0 Å². The SMILES string of the molecule is CNC(c1cccc2ccccc12)C1CCCO1. The van der Waals surface area contributed by atoms with Crippen molar-refractivity contribution < 1.29 is 4.74 Å². The van der Waals surface area contributed by atoms with Gasteiger partial charge in [-0.3, -0.25) is 0 Å². The maximum absolute atomic E-state index is 5.85. The normalized spacial score (nSPS) is 21.3. The van der Waals surface area contributed by atoms with Gasteiger partial charge in [0.05, 0.1) is 12.1 Å². The summed E-state index contributed by atoms with van der Waals surface area (Å²) in [6, 6.07) is 15.4. The Morgan fingerprint density at radius 2 is 2.00 bits per heavy atom. The zero-order chi connectivity index (χ0) is 12.4. The third kappa shape index (κ3) is 2.02. The van der Waals surface area contributed by atoms with Gasteiger partial charge in [-0.25, -0.2) is 0 Å². The van der Waals surface area contributed by atoms with E-state index in [9.17, 15) is 0 Å². The van der Waals surface area contributed by atoms with Gasteiger partial charge in [0, 0.05) is 6.61 Å². The van der Waals surface area contributed by atoms with Crippen molar-refractivity contribution in [3.63, 3.8) is 0 Å². The Morgan fingerprint density at radius 1 is 1.17 bits per heavy atom. The van der Waals surface area contributed by atoms with E-state index in [0.717, 1.165) is 13.0 Å². The third-order valence-corrected chi connectivity index (χ3v) is 3.81. The molecule has 0 spiro atoms. The molecule has 2 atom stereocenters. The van der Waals surface area contributed by atoms with E-state index in [-0.39, 0.29) is 0 Å². The summed E-state index contributed by atoms with van der Waals surface area (Å²) < 4.78 is 5.85. The Kier molecular flexibility index (Phi) is 3.31. The second-order valence-electron chi connectivity index (χ2n) is 4.89. The van der Waals surface area contributed by atoms with Gasteiger partial charge in [-0.2, -0.15) is 0 Å². The summed E-state index contributed by atoms with van der Waals surface area (Å²) in [5.41, 5.74) is 1.35. The van der Waals surface area contributed by atoms with Gasteiger partial charge in [-0.05, 0) is 36.2 Å². The topological polar surface area (TPSA) is 21.3 Å².